The molecule has 0 unspecified atom stereocenters. The van der Waals surface area contributed by atoms with Crippen molar-refractivity contribution in [2.75, 3.05) is 19.7 Å². The van der Waals surface area contributed by atoms with Gasteiger partial charge in [0.1, 0.15) is 0 Å². The first-order chi connectivity index (χ1) is 7.25. The molecular weight excluding hydrogens is 261 g/mol. The first-order valence-electron chi connectivity index (χ1n) is 5.04. The van der Waals surface area contributed by atoms with Crippen molar-refractivity contribution in [2.45, 2.75) is 6.42 Å². The lowest BCUT2D eigenvalue weighted by Crippen LogP contribution is -2.42. The van der Waals surface area contributed by atoms with Crippen molar-refractivity contribution < 1.29 is 9.13 Å². The fourth-order valence-electron chi connectivity index (χ4n) is 1.48. The van der Waals surface area contributed by atoms with E-state index in [1.807, 2.05) is 0 Å². The highest BCUT2D eigenvalue weighted by atomic mass is 79.9. The van der Waals surface area contributed by atoms with Crippen molar-refractivity contribution >= 4 is 15.9 Å². The van der Waals surface area contributed by atoms with E-state index >= 15 is 0 Å². The zero-order valence-corrected chi connectivity index (χ0v) is 9.89. The minimum atomic E-state index is -0.309. The van der Waals surface area contributed by atoms with Crippen LogP contribution in [0.1, 0.15) is 6.42 Å². The van der Waals surface area contributed by atoms with E-state index in [0.717, 1.165) is 24.0 Å². The standard InChI is InChI=1S/C11H13BrFNO/c12-9-1-2-11(10(13)5-9)15-4-3-8-6-14-7-8/h1-2,5,8,14H,3-4,6-7H2. The Morgan fingerprint density at radius 1 is 1.47 bits per heavy atom. The fraction of sp³-hybridized carbons (Fsp3) is 0.455. The molecule has 2 rings (SSSR count). The van der Waals surface area contributed by atoms with Crippen LogP contribution in [0.15, 0.2) is 22.7 Å². The Morgan fingerprint density at radius 2 is 2.27 bits per heavy atom. The van der Waals surface area contributed by atoms with Gasteiger partial charge in [0, 0.05) is 4.47 Å². The molecule has 1 saturated heterocycles. The molecule has 0 amide bonds. The van der Waals surface area contributed by atoms with Crippen LogP contribution in [0, 0.1) is 11.7 Å². The molecule has 0 saturated carbocycles. The number of benzene rings is 1. The van der Waals surface area contributed by atoms with E-state index in [1.54, 1.807) is 12.1 Å². The molecule has 1 aromatic carbocycles. The Labute approximate surface area is 96.9 Å². The average Bonchev–Trinajstić information content (AvgIpc) is 2.12. The molecule has 0 aromatic heterocycles. The maximum atomic E-state index is 13.3. The second-order valence-corrected chi connectivity index (χ2v) is 4.65. The number of halogens is 2. The monoisotopic (exact) mass is 273 g/mol. The second kappa shape index (κ2) is 4.94. The third-order valence-corrected chi connectivity index (χ3v) is 3.04. The molecule has 0 aliphatic carbocycles. The predicted octanol–water partition coefficient (Wildman–Crippen LogP) is 2.58. The van der Waals surface area contributed by atoms with E-state index in [2.05, 4.69) is 21.2 Å². The Kier molecular flexibility index (Phi) is 3.59. The van der Waals surface area contributed by atoms with Crippen LogP contribution in [0.5, 0.6) is 5.75 Å². The lowest BCUT2D eigenvalue weighted by molar-refractivity contribution is 0.232. The topological polar surface area (TPSA) is 21.3 Å². The number of hydrogen-bond acceptors (Lipinski definition) is 2. The van der Waals surface area contributed by atoms with Crippen molar-refractivity contribution in [1.29, 1.82) is 0 Å². The molecule has 15 heavy (non-hydrogen) atoms. The van der Waals surface area contributed by atoms with Gasteiger partial charge in [-0.3, -0.25) is 0 Å². The molecular formula is C11H13BrFNO. The molecule has 1 heterocycles. The van der Waals surface area contributed by atoms with E-state index in [9.17, 15) is 4.39 Å². The first-order valence-corrected chi connectivity index (χ1v) is 5.83. The van der Waals surface area contributed by atoms with Crippen LogP contribution >= 0.6 is 15.9 Å². The maximum absolute atomic E-state index is 13.3. The second-order valence-electron chi connectivity index (χ2n) is 3.74. The highest BCUT2D eigenvalue weighted by Crippen LogP contribution is 2.22. The molecule has 0 atom stereocenters. The summed E-state index contributed by atoms with van der Waals surface area (Å²) in [7, 11) is 0. The Morgan fingerprint density at radius 3 is 2.87 bits per heavy atom. The van der Waals surface area contributed by atoms with Gasteiger partial charge in [0.2, 0.25) is 0 Å². The van der Waals surface area contributed by atoms with E-state index in [0.29, 0.717) is 18.3 Å². The lowest BCUT2D eigenvalue weighted by Gasteiger charge is -2.26. The van der Waals surface area contributed by atoms with Gasteiger partial charge in [-0.1, -0.05) is 15.9 Å². The smallest absolute Gasteiger partial charge is 0.166 e. The van der Waals surface area contributed by atoms with Crippen LogP contribution in [0.25, 0.3) is 0 Å². The molecule has 1 aliphatic rings. The van der Waals surface area contributed by atoms with Crippen LogP contribution < -0.4 is 10.1 Å². The summed E-state index contributed by atoms with van der Waals surface area (Å²) in [5, 5.41) is 3.19. The van der Waals surface area contributed by atoms with Crippen LogP contribution in [0.3, 0.4) is 0 Å². The maximum Gasteiger partial charge on any atom is 0.166 e. The SMILES string of the molecule is Fc1cc(Br)ccc1OCCC1CNC1. The quantitative estimate of drug-likeness (QED) is 0.911. The summed E-state index contributed by atoms with van der Waals surface area (Å²) in [6.45, 7) is 2.71. The molecule has 2 nitrogen and oxygen atoms in total. The first kappa shape index (κ1) is 10.9. The van der Waals surface area contributed by atoms with Gasteiger partial charge >= 0.3 is 0 Å². The largest absolute Gasteiger partial charge is 0.491 e. The summed E-state index contributed by atoms with van der Waals surface area (Å²) in [6, 6.07) is 4.85. The number of rotatable bonds is 4. The minimum absolute atomic E-state index is 0.309. The third-order valence-electron chi connectivity index (χ3n) is 2.54. The van der Waals surface area contributed by atoms with Crippen molar-refractivity contribution in [3.05, 3.63) is 28.5 Å². The molecule has 4 heteroatoms. The van der Waals surface area contributed by atoms with Gasteiger partial charge in [-0.15, -0.1) is 0 Å². The Bertz CT molecular complexity index is 341. The third kappa shape index (κ3) is 2.92. The summed E-state index contributed by atoms with van der Waals surface area (Å²) >= 11 is 3.20. The zero-order chi connectivity index (χ0) is 10.7. The average molecular weight is 274 g/mol. The van der Waals surface area contributed by atoms with Crippen molar-refractivity contribution in [3.63, 3.8) is 0 Å². The Balaban J connectivity index is 1.81. The highest BCUT2D eigenvalue weighted by Gasteiger charge is 2.16. The van der Waals surface area contributed by atoms with Crippen molar-refractivity contribution in [2.24, 2.45) is 5.92 Å². The van der Waals surface area contributed by atoms with Crippen molar-refractivity contribution in [1.82, 2.24) is 5.32 Å². The highest BCUT2D eigenvalue weighted by molar-refractivity contribution is 9.10. The molecule has 1 aliphatic heterocycles. The Hall–Kier alpha value is -0.610. The predicted molar refractivity (Wildman–Crippen MR) is 60.6 cm³/mol. The normalized spacial score (nSPS) is 16.1. The van der Waals surface area contributed by atoms with E-state index in [-0.39, 0.29) is 5.82 Å². The number of hydrogen-bond donors (Lipinski definition) is 1. The van der Waals surface area contributed by atoms with Crippen LogP contribution in [0.4, 0.5) is 4.39 Å². The molecule has 0 bridgehead atoms. The molecule has 1 N–H and O–H groups in total. The number of ether oxygens (including phenoxy) is 1. The molecule has 1 aromatic rings. The van der Waals surface area contributed by atoms with Crippen LogP contribution in [-0.4, -0.2) is 19.7 Å². The van der Waals surface area contributed by atoms with Crippen LogP contribution in [-0.2, 0) is 0 Å². The summed E-state index contributed by atoms with van der Waals surface area (Å²) in [5.74, 6) is 0.727. The molecule has 82 valence electrons. The fourth-order valence-corrected chi connectivity index (χ4v) is 1.81. The van der Waals surface area contributed by atoms with Gasteiger partial charge in [-0.05, 0) is 43.6 Å². The zero-order valence-electron chi connectivity index (χ0n) is 8.30. The van der Waals surface area contributed by atoms with Crippen LogP contribution in [0.2, 0.25) is 0 Å². The summed E-state index contributed by atoms with van der Waals surface area (Å²) in [6.07, 6.45) is 0.989. The summed E-state index contributed by atoms with van der Waals surface area (Å²) in [4.78, 5) is 0. The van der Waals surface area contributed by atoms with Crippen molar-refractivity contribution in [3.8, 4) is 5.75 Å². The lowest BCUT2D eigenvalue weighted by atomic mass is 10.0. The van der Waals surface area contributed by atoms with Gasteiger partial charge in [0.05, 0.1) is 6.61 Å². The van der Waals surface area contributed by atoms with Gasteiger partial charge in [0.15, 0.2) is 11.6 Å². The molecule has 1 fully saturated rings. The van der Waals surface area contributed by atoms with Gasteiger partial charge in [-0.2, -0.15) is 0 Å². The van der Waals surface area contributed by atoms with Gasteiger partial charge < -0.3 is 10.1 Å². The van der Waals surface area contributed by atoms with Gasteiger partial charge in [0.25, 0.3) is 0 Å². The molecule has 0 spiro atoms. The van der Waals surface area contributed by atoms with E-state index < -0.39 is 0 Å². The number of nitrogens with one attached hydrogen (secondary N) is 1. The van der Waals surface area contributed by atoms with Gasteiger partial charge in [-0.25, -0.2) is 4.39 Å². The summed E-state index contributed by atoms with van der Waals surface area (Å²) < 4.78 is 19.4. The van der Waals surface area contributed by atoms with E-state index in [1.165, 1.54) is 6.07 Å². The molecule has 0 radical (unpaired) electrons. The van der Waals surface area contributed by atoms with E-state index in [4.69, 9.17) is 4.74 Å². The minimum Gasteiger partial charge on any atom is -0.491 e. The summed E-state index contributed by atoms with van der Waals surface area (Å²) in [5.41, 5.74) is 0.